The summed E-state index contributed by atoms with van der Waals surface area (Å²) in [6.07, 6.45) is 1.40. The summed E-state index contributed by atoms with van der Waals surface area (Å²) in [4.78, 5) is 30.7. The van der Waals surface area contributed by atoms with Gasteiger partial charge < -0.3 is 10.2 Å². The average molecular weight is 348 g/mol. The van der Waals surface area contributed by atoms with Gasteiger partial charge in [0.2, 0.25) is 5.91 Å². The van der Waals surface area contributed by atoms with Crippen LogP contribution in [0.3, 0.4) is 0 Å². The lowest BCUT2D eigenvalue weighted by Crippen LogP contribution is -2.27. The SMILES string of the molecule is CN(C)c1ccc(NC(=O)Cn2cnc(-c3ccccc3)cc2=O)cc1. The van der Waals surface area contributed by atoms with Crippen LogP contribution in [0.1, 0.15) is 0 Å². The van der Waals surface area contributed by atoms with E-state index in [2.05, 4.69) is 10.3 Å². The van der Waals surface area contributed by atoms with Gasteiger partial charge >= 0.3 is 0 Å². The monoisotopic (exact) mass is 348 g/mol. The van der Waals surface area contributed by atoms with E-state index >= 15 is 0 Å². The number of amides is 1. The van der Waals surface area contributed by atoms with Crippen LogP contribution in [-0.2, 0) is 11.3 Å². The van der Waals surface area contributed by atoms with Crippen molar-refractivity contribution >= 4 is 17.3 Å². The second-order valence-electron chi connectivity index (χ2n) is 6.10. The summed E-state index contributed by atoms with van der Waals surface area (Å²) in [7, 11) is 3.90. The van der Waals surface area contributed by atoms with Gasteiger partial charge in [0.25, 0.3) is 5.56 Å². The minimum atomic E-state index is -0.279. The zero-order chi connectivity index (χ0) is 18.5. The van der Waals surface area contributed by atoms with Crippen LogP contribution in [0.25, 0.3) is 11.3 Å². The zero-order valence-electron chi connectivity index (χ0n) is 14.7. The topological polar surface area (TPSA) is 67.2 Å². The number of hydrogen-bond acceptors (Lipinski definition) is 4. The van der Waals surface area contributed by atoms with Gasteiger partial charge in [-0.05, 0) is 24.3 Å². The smallest absolute Gasteiger partial charge is 0.254 e. The van der Waals surface area contributed by atoms with Crippen LogP contribution in [-0.4, -0.2) is 29.6 Å². The van der Waals surface area contributed by atoms with Gasteiger partial charge in [0.05, 0.1) is 12.0 Å². The highest BCUT2D eigenvalue weighted by atomic mass is 16.2. The number of carbonyl (C=O) groups excluding carboxylic acids is 1. The Bertz CT molecular complexity index is 948. The summed E-state index contributed by atoms with van der Waals surface area (Å²) >= 11 is 0. The summed E-state index contributed by atoms with van der Waals surface area (Å²) in [5, 5.41) is 2.79. The molecule has 3 rings (SSSR count). The highest BCUT2D eigenvalue weighted by Gasteiger charge is 2.08. The molecule has 0 aliphatic heterocycles. The zero-order valence-corrected chi connectivity index (χ0v) is 14.7. The van der Waals surface area contributed by atoms with Gasteiger partial charge in [0, 0.05) is 37.1 Å². The van der Waals surface area contributed by atoms with Crippen molar-refractivity contribution < 1.29 is 4.79 Å². The molecule has 0 saturated heterocycles. The molecular formula is C20H20N4O2. The Labute approximate surface area is 151 Å². The molecule has 1 aromatic heterocycles. The number of carbonyl (C=O) groups is 1. The molecule has 0 spiro atoms. The third kappa shape index (κ3) is 4.16. The fraction of sp³-hybridized carbons (Fsp3) is 0.150. The molecule has 0 unspecified atom stereocenters. The van der Waals surface area contributed by atoms with E-state index in [9.17, 15) is 9.59 Å². The number of benzene rings is 2. The first-order valence-electron chi connectivity index (χ1n) is 8.22. The molecule has 0 saturated carbocycles. The Morgan fingerprint density at radius 3 is 2.38 bits per heavy atom. The molecule has 0 atom stereocenters. The number of anilines is 2. The summed E-state index contributed by atoms with van der Waals surface area (Å²) < 4.78 is 1.29. The Hall–Kier alpha value is -3.41. The first kappa shape index (κ1) is 17.4. The molecule has 0 aliphatic rings. The maximum absolute atomic E-state index is 12.3. The van der Waals surface area contributed by atoms with Crippen molar-refractivity contribution in [3.8, 4) is 11.3 Å². The van der Waals surface area contributed by atoms with Crippen LogP contribution >= 0.6 is 0 Å². The summed E-state index contributed by atoms with van der Waals surface area (Å²) in [6.45, 7) is -0.0870. The second-order valence-corrected chi connectivity index (χ2v) is 6.10. The maximum Gasteiger partial charge on any atom is 0.254 e. The molecule has 6 nitrogen and oxygen atoms in total. The van der Waals surface area contributed by atoms with E-state index in [1.54, 1.807) is 0 Å². The van der Waals surface area contributed by atoms with Crippen molar-refractivity contribution in [2.24, 2.45) is 0 Å². The van der Waals surface area contributed by atoms with Gasteiger partial charge in [-0.2, -0.15) is 0 Å². The minimum Gasteiger partial charge on any atom is -0.378 e. The number of aromatic nitrogens is 2. The summed E-state index contributed by atoms with van der Waals surface area (Å²) in [5.41, 5.74) is 2.91. The Morgan fingerprint density at radius 2 is 1.77 bits per heavy atom. The largest absolute Gasteiger partial charge is 0.378 e. The molecule has 132 valence electrons. The fourth-order valence-corrected chi connectivity index (χ4v) is 2.51. The molecule has 0 radical (unpaired) electrons. The van der Waals surface area contributed by atoms with Crippen molar-refractivity contribution in [2.45, 2.75) is 6.54 Å². The van der Waals surface area contributed by atoms with Crippen LogP contribution in [0.15, 0.2) is 71.8 Å². The Kier molecular flexibility index (Phi) is 5.12. The predicted molar refractivity (Wildman–Crippen MR) is 103 cm³/mol. The van der Waals surface area contributed by atoms with Crippen LogP contribution < -0.4 is 15.8 Å². The third-order valence-corrected chi connectivity index (χ3v) is 3.93. The molecule has 1 heterocycles. The fourth-order valence-electron chi connectivity index (χ4n) is 2.51. The van der Waals surface area contributed by atoms with E-state index < -0.39 is 0 Å². The highest BCUT2D eigenvalue weighted by Crippen LogP contribution is 2.16. The van der Waals surface area contributed by atoms with Gasteiger partial charge in [-0.25, -0.2) is 4.98 Å². The number of nitrogens with zero attached hydrogens (tertiary/aromatic N) is 3. The highest BCUT2D eigenvalue weighted by molar-refractivity contribution is 5.90. The van der Waals surface area contributed by atoms with Gasteiger partial charge in [-0.3, -0.25) is 14.2 Å². The standard InChI is InChI=1S/C20H20N4O2/c1-23(2)17-10-8-16(9-11-17)22-19(25)13-24-14-21-18(12-20(24)26)15-6-4-3-5-7-15/h3-12,14H,13H2,1-2H3,(H,22,25). The molecule has 3 aromatic rings. The average Bonchev–Trinajstić information content (AvgIpc) is 2.64. The number of nitrogens with one attached hydrogen (secondary N) is 1. The molecular weight excluding hydrogens is 328 g/mol. The van der Waals surface area contributed by atoms with Crippen molar-refractivity contribution in [1.29, 1.82) is 0 Å². The van der Waals surface area contributed by atoms with Crippen LogP contribution in [0.2, 0.25) is 0 Å². The van der Waals surface area contributed by atoms with Crippen LogP contribution in [0, 0.1) is 0 Å². The Balaban J connectivity index is 1.68. The number of hydrogen-bond donors (Lipinski definition) is 1. The van der Waals surface area contributed by atoms with Crippen LogP contribution in [0.4, 0.5) is 11.4 Å². The molecule has 0 aliphatic carbocycles. The van der Waals surface area contributed by atoms with Crippen molar-refractivity contribution in [3.63, 3.8) is 0 Å². The van der Waals surface area contributed by atoms with E-state index in [-0.39, 0.29) is 18.0 Å². The quantitative estimate of drug-likeness (QED) is 0.770. The normalized spacial score (nSPS) is 10.4. The third-order valence-electron chi connectivity index (χ3n) is 3.93. The molecule has 0 bridgehead atoms. The first-order chi connectivity index (χ1) is 12.5. The lowest BCUT2D eigenvalue weighted by atomic mass is 10.1. The van der Waals surface area contributed by atoms with Crippen molar-refractivity contribution in [3.05, 3.63) is 77.3 Å². The summed E-state index contributed by atoms with van der Waals surface area (Å²) in [6, 6.07) is 18.4. The molecule has 1 N–H and O–H groups in total. The van der Waals surface area contributed by atoms with Gasteiger partial charge in [0.1, 0.15) is 6.54 Å². The predicted octanol–water partition coefficient (Wildman–Crippen LogP) is 2.62. The first-order valence-corrected chi connectivity index (χ1v) is 8.22. The minimum absolute atomic E-state index is 0.0870. The molecule has 1 amide bonds. The van der Waals surface area contributed by atoms with Crippen molar-refractivity contribution in [2.75, 3.05) is 24.3 Å². The van der Waals surface area contributed by atoms with E-state index in [0.29, 0.717) is 11.4 Å². The molecule has 6 heteroatoms. The van der Waals surface area contributed by atoms with Gasteiger partial charge in [-0.1, -0.05) is 30.3 Å². The van der Waals surface area contributed by atoms with Crippen LogP contribution in [0.5, 0.6) is 0 Å². The molecule has 26 heavy (non-hydrogen) atoms. The van der Waals surface area contributed by atoms with E-state index in [1.807, 2.05) is 73.6 Å². The van der Waals surface area contributed by atoms with Gasteiger partial charge in [-0.15, -0.1) is 0 Å². The summed E-state index contributed by atoms with van der Waals surface area (Å²) in [5.74, 6) is -0.279. The maximum atomic E-state index is 12.3. The lowest BCUT2D eigenvalue weighted by molar-refractivity contribution is -0.116. The molecule has 2 aromatic carbocycles. The van der Waals surface area contributed by atoms with E-state index in [0.717, 1.165) is 11.3 Å². The van der Waals surface area contributed by atoms with Gasteiger partial charge in [0.15, 0.2) is 0 Å². The second kappa shape index (κ2) is 7.65. The van der Waals surface area contributed by atoms with Crippen molar-refractivity contribution in [1.82, 2.24) is 9.55 Å². The molecule has 0 fully saturated rings. The van der Waals surface area contributed by atoms with E-state index in [4.69, 9.17) is 0 Å². The van der Waals surface area contributed by atoms with E-state index in [1.165, 1.54) is 17.0 Å². The lowest BCUT2D eigenvalue weighted by Gasteiger charge is -2.13. The number of rotatable bonds is 5. The Morgan fingerprint density at radius 1 is 1.08 bits per heavy atom.